The van der Waals surface area contributed by atoms with E-state index in [1.54, 1.807) is 47.4 Å². The maximum atomic E-state index is 12.8. The summed E-state index contributed by atoms with van der Waals surface area (Å²) < 4.78 is 10.9. The highest BCUT2D eigenvalue weighted by atomic mass is 35.5. The Morgan fingerprint density at radius 3 is 2.62 bits per heavy atom. The molecule has 0 unspecified atom stereocenters. The summed E-state index contributed by atoms with van der Waals surface area (Å²) in [6.45, 7) is 2.48. The highest BCUT2D eigenvalue weighted by Crippen LogP contribution is 2.27. The molecule has 8 heteroatoms. The first kappa shape index (κ1) is 21.4. The lowest BCUT2D eigenvalue weighted by atomic mass is 10.1. The van der Waals surface area contributed by atoms with Crippen molar-refractivity contribution >= 4 is 40.7 Å². The molecule has 0 aliphatic carbocycles. The molecule has 1 aliphatic heterocycles. The van der Waals surface area contributed by atoms with E-state index in [0.717, 1.165) is 0 Å². The van der Waals surface area contributed by atoms with Crippen molar-refractivity contribution in [3.63, 3.8) is 0 Å². The lowest BCUT2D eigenvalue weighted by molar-refractivity contribution is -0.116. The minimum absolute atomic E-state index is 0.107. The van der Waals surface area contributed by atoms with E-state index in [2.05, 4.69) is 5.32 Å². The number of hydrogen-bond donors (Lipinski definition) is 1. The number of nitrogens with one attached hydrogen (secondary N) is 1. The quantitative estimate of drug-likeness (QED) is 0.658. The highest BCUT2D eigenvalue weighted by molar-refractivity contribution is 6.35. The van der Waals surface area contributed by atoms with Crippen LogP contribution in [0.25, 0.3) is 0 Å². The Bertz CT molecular complexity index is 870. The van der Waals surface area contributed by atoms with Gasteiger partial charge in [-0.3, -0.25) is 9.59 Å². The molecule has 0 atom stereocenters. The molecule has 2 aromatic carbocycles. The molecule has 0 saturated carbocycles. The zero-order valence-corrected chi connectivity index (χ0v) is 17.3. The number of rotatable bonds is 7. The summed E-state index contributed by atoms with van der Waals surface area (Å²) >= 11 is 11.9. The van der Waals surface area contributed by atoms with E-state index in [1.807, 2.05) is 0 Å². The number of carbonyl (C=O) groups is 2. The number of carbonyl (C=O) groups excluding carboxylic acids is 2. The number of morpholine rings is 1. The van der Waals surface area contributed by atoms with E-state index in [0.29, 0.717) is 66.4 Å². The van der Waals surface area contributed by atoms with Crippen LogP contribution in [0.15, 0.2) is 42.5 Å². The normalized spacial score (nSPS) is 13.8. The number of nitrogens with zero attached hydrogens (tertiary/aromatic N) is 1. The van der Waals surface area contributed by atoms with Gasteiger partial charge in [-0.1, -0.05) is 35.3 Å². The summed E-state index contributed by atoms with van der Waals surface area (Å²) in [6, 6.07) is 12.0. The Morgan fingerprint density at radius 2 is 1.86 bits per heavy atom. The minimum Gasteiger partial charge on any atom is -0.492 e. The van der Waals surface area contributed by atoms with Crippen LogP contribution in [0.2, 0.25) is 10.0 Å². The molecule has 0 aromatic heterocycles. The van der Waals surface area contributed by atoms with E-state index < -0.39 is 0 Å². The summed E-state index contributed by atoms with van der Waals surface area (Å²) in [5, 5.41) is 3.79. The van der Waals surface area contributed by atoms with Crippen LogP contribution >= 0.6 is 23.2 Å². The molecule has 1 aliphatic rings. The van der Waals surface area contributed by atoms with Gasteiger partial charge in [0.05, 0.1) is 36.1 Å². The lowest BCUT2D eigenvalue weighted by Gasteiger charge is -2.27. The Hall–Kier alpha value is -2.28. The monoisotopic (exact) mass is 436 g/mol. The van der Waals surface area contributed by atoms with E-state index in [9.17, 15) is 9.59 Å². The maximum absolute atomic E-state index is 12.8. The molecule has 2 aromatic rings. The second-order valence-corrected chi connectivity index (χ2v) is 7.37. The number of anilines is 1. The standard InChI is InChI=1S/C21H22Cl2N2O4/c22-15-7-8-19(17(23)14-15)29-11-3-6-20(26)24-18-5-2-1-4-16(18)21(27)25-9-12-28-13-10-25/h1-2,4-5,7-8,14H,3,6,9-13H2,(H,24,26). The summed E-state index contributed by atoms with van der Waals surface area (Å²) in [6.07, 6.45) is 0.760. The summed E-state index contributed by atoms with van der Waals surface area (Å²) in [4.78, 5) is 26.8. The molecular formula is C21H22Cl2N2O4. The van der Waals surface area contributed by atoms with Crippen molar-refractivity contribution in [2.75, 3.05) is 38.2 Å². The van der Waals surface area contributed by atoms with E-state index in [1.165, 1.54) is 0 Å². The Balaban J connectivity index is 1.51. The third-order valence-corrected chi connectivity index (χ3v) is 4.96. The summed E-state index contributed by atoms with van der Waals surface area (Å²) in [7, 11) is 0. The molecular weight excluding hydrogens is 415 g/mol. The molecule has 3 rings (SSSR count). The van der Waals surface area contributed by atoms with Crippen LogP contribution in [0.4, 0.5) is 5.69 Å². The van der Waals surface area contributed by atoms with Gasteiger partial charge in [0.15, 0.2) is 0 Å². The van der Waals surface area contributed by atoms with Crippen molar-refractivity contribution in [2.45, 2.75) is 12.8 Å². The second kappa shape index (κ2) is 10.5. The number of hydrogen-bond acceptors (Lipinski definition) is 4. The Labute approximate surface area is 179 Å². The first-order chi connectivity index (χ1) is 14.0. The largest absolute Gasteiger partial charge is 0.492 e. The zero-order valence-electron chi connectivity index (χ0n) is 15.8. The molecule has 1 saturated heterocycles. The van der Waals surface area contributed by atoms with Crippen LogP contribution in [0.5, 0.6) is 5.75 Å². The third kappa shape index (κ3) is 6.10. The van der Waals surface area contributed by atoms with Crippen LogP contribution in [0, 0.1) is 0 Å². The number of para-hydroxylation sites is 1. The predicted octanol–water partition coefficient (Wildman–Crippen LogP) is 4.26. The van der Waals surface area contributed by atoms with Gasteiger partial charge in [0.1, 0.15) is 5.75 Å². The average Bonchev–Trinajstić information content (AvgIpc) is 2.73. The molecule has 154 valence electrons. The smallest absolute Gasteiger partial charge is 0.256 e. The van der Waals surface area contributed by atoms with Crippen molar-refractivity contribution in [1.82, 2.24) is 4.90 Å². The van der Waals surface area contributed by atoms with Crippen LogP contribution in [-0.4, -0.2) is 49.6 Å². The number of amides is 2. The van der Waals surface area contributed by atoms with Gasteiger partial charge in [0, 0.05) is 24.5 Å². The first-order valence-electron chi connectivity index (χ1n) is 9.38. The fourth-order valence-corrected chi connectivity index (χ4v) is 3.40. The summed E-state index contributed by atoms with van der Waals surface area (Å²) in [5.41, 5.74) is 0.989. The fourth-order valence-electron chi connectivity index (χ4n) is 2.94. The fraction of sp³-hybridized carbons (Fsp3) is 0.333. The molecule has 29 heavy (non-hydrogen) atoms. The number of halogens is 2. The molecule has 0 spiro atoms. The van der Waals surface area contributed by atoms with Gasteiger partial charge in [-0.2, -0.15) is 0 Å². The number of benzene rings is 2. The Kier molecular flexibility index (Phi) is 7.75. The van der Waals surface area contributed by atoms with Crippen LogP contribution in [-0.2, 0) is 9.53 Å². The molecule has 1 heterocycles. The van der Waals surface area contributed by atoms with E-state index >= 15 is 0 Å². The lowest BCUT2D eigenvalue weighted by Crippen LogP contribution is -2.41. The van der Waals surface area contributed by atoms with Crippen LogP contribution in [0.3, 0.4) is 0 Å². The summed E-state index contributed by atoms with van der Waals surface area (Å²) in [5.74, 6) is 0.237. The van der Waals surface area contributed by atoms with Crippen LogP contribution < -0.4 is 10.1 Å². The molecule has 6 nitrogen and oxygen atoms in total. The molecule has 2 amide bonds. The van der Waals surface area contributed by atoms with Crippen LogP contribution in [0.1, 0.15) is 23.2 Å². The number of ether oxygens (including phenoxy) is 2. The topological polar surface area (TPSA) is 67.9 Å². The van der Waals surface area contributed by atoms with Crippen molar-refractivity contribution in [3.05, 3.63) is 58.1 Å². The third-order valence-electron chi connectivity index (χ3n) is 4.43. The second-order valence-electron chi connectivity index (χ2n) is 6.53. The van der Waals surface area contributed by atoms with Crippen molar-refractivity contribution in [2.24, 2.45) is 0 Å². The molecule has 1 fully saturated rings. The van der Waals surface area contributed by atoms with Crippen molar-refractivity contribution in [1.29, 1.82) is 0 Å². The van der Waals surface area contributed by atoms with Gasteiger partial charge >= 0.3 is 0 Å². The zero-order chi connectivity index (χ0) is 20.6. The van der Waals surface area contributed by atoms with Crippen molar-refractivity contribution < 1.29 is 19.1 Å². The highest BCUT2D eigenvalue weighted by Gasteiger charge is 2.21. The van der Waals surface area contributed by atoms with Gasteiger partial charge in [-0.15, -0.1) is 0 Å². The molecule has 0 bridgehead atoms. The van der Waals surface area contributed by atoms with Gasteiger partial charge in [0.2, 0.25) is 5.91 Å². The molecule has 1 N–H and O–H groups in total. The first-order valence-corrected chi connectivity index (χ1v) is 10.1. The SMILES string of the molecule is O=C(CCCOc1ccc(Cl)cc1Cl)Nc1ccccc1C(=O)N1CCOCC1. The van der Waals surface area contributed by atoms with Gasteiger partial charge in [-0.25, -0.2) is 0 Å². The van der Waals surface area contributed by atoms with Gasteiger partial charge in [-0.05, 0) is 36.8 Å². The van der Waals surface area contributed by atoms with E-state index in [4.69, 9.17) is 32.7 Å². The van der Waals surface area contributed by atoms with Gasteiger partial charge < -0.3 is 19.7 Å². The minimum atomic E-state index is -0.182. The van der Waals surface area contributed by atoms with Gasteiger partial charge in [0.25, 0.3) is 5.91 Å². The predicted molar refractivity (Wildman–Crippen MR) is 113 cm³/mol. The average molecular weight is 437 g/mol. The van der Waals surface area contributed by atoms with E-state index in [-0.39, 0.29) is 18.2 Å². The molecule has 0 radical (unpaired) electrons. The maximum Gasteiger partial charge on any atom is 0.256 e. The Morgan fingerprint density at radius 1 is 1.10 bits per heavy atom. The van der Waals surface area contributed by atoms with Crippen molar-refractivity contribution in [3.8, 4) is 5.75 Å².